The second-order valence-corrected chi connectivity index (χ2v) is 9.16. The summed E-state index contributed by atoms with van der Waals surface area (Å²) in [6.07, 6.45) is 0. The van der Waals surface area contributed by atoms with E-state index in [1.165, 1.54) is 19.2 Å². The van der Waals surface area contributed by atoms with Crippen molar-refractivity contribution in [3.8, 4) is 0 Å². The Morgan fingerprint density at radius 3 is 2.06 bits per heavy atom. The maximum absolute atomic E-state index is 13.6. The number of nitrogens with two attached hydrogens (primary N) is 1. The molecule has 0 heterocycles. The molecule has 0 aliphatic carbocycles. The highest BCUT2D eigenvalue weighted by Gasteiger charge is 2.36. The first-order chi connectivity index (χ1) is 15.2. The lowest BCUT2D eigenvalue weighted by molar-refractivity contribution is -0.122. The molecule has 0 spiro atoms. The third-order valence-electron chi connectivity index (χ3n) is 5.01. The predicted molar refractivity (Wildman–Crippen MR) is 120 cm³/mol. The number of carbonyl (C=O) groups excluding carboxylic acids is 2. The number of esters is 1. The first kappa shape index (κ1) is 23.2. The van der Waals surface area contributed by atoms with Crippen LogP contribution in [0.2, 0.25) is 0 Å². The number of hydrogen-bond acceptors (Lipinski definition) is 5. The van der Waals surface area contributed by atoms with Gasteiger partial charge in [0, 0.05) is 6.54 Å². The molecule has 0 saturated carbocycles. The van der Waals surface area contributed by atoms with Crippen LogP contribution in [-0.2, 0) is 26.1 Å². The zero-order valence-electron chi connectivity index (χ0n) is 17.8. The Hall–Kier alpha value is -3.49. The molecule has 0 saturated heterocycles. The summed E-state index contributed by atoms with van der Waals surface area (Å²) in [4.78, 5) is 24.3. The second-order valence-electron chi connectivity index (χ2n) is 7.27. The van der Waals surface area contributed by atoms with Crippen LogP contribution in [0.15, 0.2) is 83.8 Å². The lowest BCUT2D eigenvalue weighted by atomic mass is 10.1. The highest BCUT2D eigenvalue weighted by molar-refractivity contribution is 7.89. The quantitative estimate of drug-likeness (QED) is 0.528. The third kappa shape index (κ3) is 5.04. The van der Waals surface area contributed by atoms with E-state index in [4.69, 9.17) is 10.5 Å². The molecular weight excluding hydrogens is 428 g/mol. The second kappa shape index (κ2) is 9.76. The summed E-state index contributed by atoms with van der Waals surface area (Å²) in [5, 5.41) is 0. The summed E-state index contributed by atoms with van der Waals surface area (Å²) in [5.74, 6) is -1.29. The Balaban J connectivity index is 2.09. The number of amides is 1. The molecule has 0 fully saturated rings. The number of benzene rings is 3. The van der Waals surface area contributed by atoms with Gasteiger partial charge in [-0.1, -0.05) is 60.2 Å². The minimum absolute atomic E-state index is 0.0523. The zero-order chi connectivity index (χ0) is 23.3. The smallest absolute Gasteiger partial charge is 0.337 e. The number of carbonyl (C=O) groups is 2. The monoisotopic (exact) mass is 452 g/mol. The van der Waals surface area contributed by atoms with Crippen molar-refractivity contribution < 1.29 is 22.7 Å². The van der Waals surface area contributed by atoms with Crippen LogP contribution in [0, 0.1) is 6.92 Å². The van der Waals surface area contributed by atoms with Crippen molar-refractivity contribution >= 4 is 21.9 Å². The van der Waals surface area contributed by atoms with Crippen LogP contribution in [0.3, 0.4) is 0 Å². The normalized spacial score (nSPS) is 12.3. The van der Waals surface area contributed by atoms with Gasteiger partial charge in [-0.3, -0.25) is 4.79 Å². The van der Waals surface area contributed by atoms with Crippen LogP contribution >= 0.6 is 0 Å². The van der Waals surface area contributed by atoms with Gasteiger partial charge in [0.1, 0.15) is 6.04 Å². The maximum Gasteiger partial charge on any atom is 0.337 e. The Kier molecular flexibility index (Phi) is 7.07. The van der Waals surface area contributed by atoms with Gasteiger partial charge in [-0.15, -0.1) is 0 Å². The molecule has 0 unspecified atom stereocenters. The van der Waals surface area contributed by atoms with Crippen molar-refractivity contribution in [2.45, 2.75) is 24.4 Å². The molecule has 1 atom stereocenters. The van der Waals surface area contributed by atoms with E-state index in [9.17, 15) is 18.0 Å². The molecule has 0 radical (unpaired) electrons. The maximum atomic E-state index is 13.6. The number of hydrogen-bond donors (Lipinski definition) is 1. The number of primary amides is 1. The summed E-state index contributed by atoms with van der Waals surface area (Å²) >= 11 is 0. The summed E-state index contributed by atoms with van der Waals surface area (Å²) < 4.78 is 33.1. The summed E-state index contributed by atoms with van der Waals surface area (Å²) in [6, 6.07) is 20.0. The minimum Gasteiger partial charge on any atom is -0.465 e. The van der Waals surface area contributed by atoms with E-state index in [1.54, 1.807) is 66.7 Å². The van der Waals surface area contributed by atoms with E-state index >= 15 is 0 Å². The highest BCUT2D eigenvalue weighted by atomic mass is 32.2. The Morgan fingerprint density at radius 2 is 1.53 bits per heavy atom. The summed E-state index contributed by atoms with van der Waals surface area (Å²) in [5.41, 5.74) is 7.98. The van der Waals surface area contributed by atoms with Gasteiger partial charge in [0.2, 0.25) is 15.9 Å². The SMILES string of the molecule is COC(=O)c1ccc(CN([C@@H](C(N)=O)c2ccccc2)S(=O)(=O)c2ccc(C)cc2)cc1. The summed E-state index contributed by atoms with van der Waals surface area (Å²) in [7, 11) is -2.82. The molecule has 2 N–H and O–H groups in total. The lowest BCUT2D eigenvalue weighted by Gasteiger charge is -2.29. The molecule has 1 amide bonds. The summed E-state index contributed by atoms with van der Waals surface area (Å²) in [6.45, 7) is 1.73. The third-order valence-corrected chi connectivity index (χ3v) is 6.84. The largest absolute Gasteiger partial charge is 0.465 e. The van der Waals surface area contributed by atoms with E-state index in [0.29, 0.717) is 16.7 Å². The fraction of sp³-hybridized carbons (Fsp3) is 0.167. The van der Waals surface area contributed by atoms with E-state index in [1.807, 2.05) is 6.92 Å². The Bertz CT molecular complexity index is 1190. The number of methoxy groups -OCH3 is 1. The van der Waals surface area contributed by atoms with Gasteiger partial charge in [-0.2, -0.15) is 4.31 Å². The van der Waals surface area contributed by atoms with Gasteiger partial charge in [0.25, 0.3) is 0 Å². The van der Waals surface area contributed by atoms with Gasteiger partial charge >= 0.3 is 5.97 Å². The predicted octanol–water partition coefficient (Wildman–Crippen LogP) is 3.20. The van der Waals surface area contributed by atoms with Crippen molar-refractivity contribution in [2.75, 3.05) is 7.11 Å². The van der Waals surface area contributed by atoms with Crippen molar-refractivity contribution in [3.63, 3.8) is 0 Å². The average Bonchev–Trinajstić information content (AvgIpc) is 2.79. The van der Waals surface area contributed by atoms with E-state index < -0.39 is 27.9 Å². The zero-order valence-corrected chi connectivity index (χ0v) is 18.6. The standard InChI is InChI=1S/C24H24N2O5S/c1-17-8-14-21(15-9-17)32(29,30)26(22(23(25)27)19-6-4-3-5-7-19)16-18-10-12-20(13-11-18)24(28)31-2/h3-15,22H,16H2,1-2H3,(H2,25,27)/t22-/m1/s1. The molecule has 32 heavy (non-hydrogen) atoms. The van der Waals surface area contributed by atoms with Crippen LogP contribution in [-0.4, -0.2) is 31.7 Å². The molecule has 3 aromatic rings. The lowest BCUT2D eigenvalue weighted by Crippen LogP contribution is -2.41. The van der Waals surface area contributed by atoms with Gasteiger partial charge < -0.3 is 10.5 Å². The topological polar surface area (TPSA) is 107 Å². The van der Waals surface area contributed by atoms with Gasteiger partial charge in [0.15, 0.2) is 0 Å². The van der Waals surface area contributed by atoms with Gasteiger partial charge in [-0.25, -0.2) is 13.2 Å². The molecule has 0 aliphatic rings. The molecule has 0 aliphatic heterocycles. The van der Waals surface area contributed by atoms with Gasteiger partial charge in [0.05, 0.1) is 17.6 Å². The first-order valence-corrected chi connectivity index (χ1v) is 11.3. The van der Waals surface area contributed by atoms with Crippen molar-refractivity contribution in [3.05, 3.63) is 101 Å². The molecule has 166 valence electrons. The molecule has 7 nitrogen and oxygen atoms in total. The van der Waals surface area contributed by atoms with Crippen LogP contribution in [0.5, 0.6) is 0 Å². The van der Waals surface area contributed by atoms with Crippen LogP contribution in [0.1, 0.15) is 33.1 Å². The van der Waals surface area contributed by atoms with Crippen LogP contribution in [0.25, 0.3) is 0 Å². The average molecular weight is 453 g/mol. The fourth-order valence-corrected chi connectivity index (χ4v) is 4.89. The number of rotatable bonds is 8. The Morgan fingerprint density at radius 1 is 0.938 bits per heavy atom. The number of nitrogens with zero attached hydrogens (tertiary/aromatic N) is 1. The molecule has 8 heteroatoms. The van der Waals surface area contributed by atoms with E-state index in [0.717, 1.165) is 9.87 Å². The van der Waals surface area contributed by atoms with Crippen LogP contribution in [0.4, 0.5) is 0 Å². The van der Waals surface area contributed by atoms with E-state index in [2.05, 4.69) is 0 Å². The van der Waals surface area contributed by atoms with Gasteiger partial charge in [-0.05, 0) is 42.3 Å². The van der Waals surface area contributed by atoms with E-state index in [-0.39, 0.29) is 11.4 Å². The molecule has 0 aromatic heterocycles. The fourth-order valence-electron chi connectivity index (χ4n) is 3.31. The first-order valence-electron chi connectivity index (χ1n) is 9.84. The van der Waals surface area contributed by atoms with Crippen molar-refractivity contribution in [1.29, 1.82) is 0 Å². The number of ether oxygens (including phenoxy) is 1. The molecular formula is C24H24N2O5S. The number of sulfonamides is 1. The van der Waals surface area contributed by atoms with Crippen molar-refractivity contribution in [1.82, 2.24) is 4.31 Å². The number of aryl methyl sites for hydroxylation is 1. The van der Waals surface area contributed by atoms with Crippen LogP contribution < -0.4 is 5.73 Å². The van der Waals surface area contributed by atoms with Crippen molar-refractivity contribution in [2.24, 2.45) is 5.73 Å². The molecule has 3 aromatic carbocycles. The highest BCUT2D eigenvalue weighted by Crippen LogP contribution is 2.30. The Labute approximate surface area is 187 Å². The molecule has 3 rings (SSSR count). The minimum atomic E-state index is -4.10. The molecule has 0 bridgehead atoms.